The lowest BCUT2D eigenvalue weighted by atomic mass is 10.0. The van der Waals surface area contributed by atoms with Gasteiger partial charge in [-0.1, -0.05) is 19.4 Å². The lowest BCUT2D eigenvalue weighted by molar-refractivity contribution is 0.160. The monoisotopic (exact) mass is 263 g/mol. The van der Waals surface area contributed by atoms with E-state index in [1.165, 1.54) is 19.3 Å². The summed E-state index contributed by atoms with van der Waals surface area (Å²) in [6.45, 7) is 4.94. The molecule has 0 radical (unpaired) electrons. The van der Waals surface area contributed by atoms with Gasteiger partial charge < -0.3 is 10.5 Å². The summed E-state index contributed by atoms with van der Waals surface area (Å²) in [4.78, 5) is 7.01. The smallest absolute Gasteiger partial charge is 0.213 e. The van der Waals surface area contributed by atoms with E-state index < -0.39 is 0 Å². The zero-order valence-corrected chi connectivity index (χ0v) is 12.0. The lowest BCUT2D eigenvalue weighted by Crippen LogP contribution is -2.39. The molecule has 1 fully saturated rings. The number of nitrogens with zero attached hydrogens (tertiary/aromatic N) is 2. The second-order valence-corrected chi connectivity index (χ2v) is 5.23. The Bertz CT molecular complexity index is 397. The minimum atomic E-state index is 0.614. The maximum absolute atomic E-state index is 5.89. The molecule has 0 aromatic carbocycles. The second kappa shape index (κ2) is 6.87. The van der Waals surface area contributed by atoms with Crippen molar-refractivity contribution < 1.29 is 4.74 Å². The minimum Gasteiger partial charge on any atom is -0.481 e. The Morgan fingerprint density at radius 1 is 1.42 bits per heavy atom. The van der Waals surface area contributed by atoms with Gasteiger partial charge in [-0.05, 0) is 37.9 Å². The topological polar surface area (TPSA) is 51.4 Å². The highest BCUT2D eigenvalue weighted by atomic mass is 16.5. The maximum atomic E-state index is 5.89. The standard InChI is InChI=1S/C15H25N3O/c1-3-18(14-8-4-6-12(14)10-16)11-13-7-5-9-15(17-13)19-2/h5,7,9,12,14H,3-4,6,8,10-11,16H2,1-2H3. The van der Waals surface area contributed by atoms with E-state index >= 15 is 0 Å². The number of hydrogen-bond donors (Lipinski definition) is 1. The Morgan fingerprint density at radius 2 is 2.26 bits per heavy atom. The summed E-state index contributed by atoms with van der Waals surface area (Å²) < 4.78 is 5.19. The predicted molar refractivity (Wildman–Crippen MR) is 77.1 cm³/mol. The van der Waals surface area contributed by atoms with Gasteiger partial charge in [-0.2, -0.15) is 0 Å². The SMILES string of the molecule is CCN(Cc1cccc(OC)n1)C1CCCC1CN. The van der Waals surface area contributed by atoms with Crippen LogP contribution in [0.3, 0.4) is 0 Å². The van der Waals surface area contributed by atoms with E-state index in [1.807, 2.05) is 12.1 Å². The number of hydrogen-bond acceptors (Lipinski definition) is 4. The van der Waals surface area contributed by atoms with E-state index in [0.29, 0.717) is 17.8 Å². The van der Waals surface area contributed by atoms with Gasteiger partial charge in [-0.3, -0.25) is 4.90 Å². The van der Waals surface area contributed by atoms with Gasteiger partial charge in [0.1, 0.15) is 0 Å². The molecule has 2 N–H and O–H groups in total. The highest BCUT2D eigenvalue weighted by Crippen LogP contribution is 2.30. The fourth-order valence-corrected chi connectivity index (χ4v) is 3.10. The van der Waals surface area contributed by atoms with Gasteiger partial charge in [0.05, 0.1) is 12.8 Å². The van der Waals surface area contributed by atoms with Crippen molar-refractivity contribution in [2.75, 3.05) is 20.2 Å². The normalized spacial score (nSPS) is 22.9. The molecule has 0 bridgehead atoms. The Hall–Kier alpha value is -1.13. The molecule has 0 aliphatic heterocycles. The summed E-state index contributed by atoms with van der Waals surface area (Å²) in [5.74, 6) is 1.33. The van der Waals surface area contributed by atoms with Crippen LogP contribution < -0.4 is 10.5 Å². The Labute approximate surface area is 116 Å². The van der Waals surface area contributed by atoms with Crippen molar-refractivity contribution >= 4 is 0 Å². The molecule has 1 aromatic heterocycles. The third kappa shape index (κ3) is 3.45. The van der Waals surface area contributed by atoms with E-state index in [1.54, 1.807) is 7.11 Å². The average Bonchev–Trinajstić information content (AvgIpc) is 2.93. The molecule has 2 unspecified atom stereocenters. The van der Waals surface area contributed by atoms with Crippen LogP contribution >= 0.6 is 0 Å². The van der Waals surface area contributed by atoms with Crippen LogP contribution in [0.2, 0.25) is 0 Å². The number of nitrogens with two attached hydrogens (primary N) is 1. The van der Waals surface area contributed by atoms with Gasteiger partial charge >= 0.3 is 0 Å². The van der Waals surface area contributed by atoms with Gasteiger partial charge in [0.15, 0.2) is 0 Å². The summed E-state index contributed by atoms with van der Waals surface area (Å²) in [5.41, 5.74) is 6.97. The van der Waals surface area contributed by atoms with Crippen LogP contribution in [-0.4, -0.2) is 36.1 Å². The van der Waals surface area contributed by atoms with Gasteiger partial charge in [0, 0.05) is 18.7 Å². The van der Waals surface area contributed by atoms with Crippen molar-refractivity contribution in [3.63, 3.8) is 0 Å². The van der Waals surface area contributed by atoms with Crippen LogP contribution in [0.25, 0.3) is 0 Å². The summed E-state index contributed by atoms with van der Waals surface area (Å²) in [5, 5.41) is 0. The number of aromatic nitrogens is 1. The Kier molecular flexibility index (Phi) is 5.16. The molecule has 0 amide bonds. The van der Waals surface area contributed by atoms with Crippen LogP contribution in [-0.2, 0) is 6.54 Å². The number of pyridine rings is 1. The highest BCUT2D eigenvalue weighted by Gasteiger charge is 2.30. The average molecular weight is 263 g/mol. The lowest BCUT2D eigenvalue weighted by Gasteiger charge is -2.31. The maximum Gasteiger partial charge on any atom is 0.213 e. The first-order valence-electron chi connectivity index (χ1n) is 7.22. The summed E-state index contributed by atoms with van der Waals surface area (Å²) in [6.07, 6.45) is 3.83. The van der Waals surface area contributed by atoms with Crippen molar-refractivity contribution in [3.8, 4) is 5.88 Å². The molecule has 19 heavy (non-hydrogen) atoms. The van der Waals surface area contributed by atoms with E-state index in [0.717, 1.165) is 25.3 Å². The Morgan fingerprint density at radius 3 is 2.95 bits per heavy atom. The zero-order chi connectivity index (χ0) is 13.7. The molecule has 2 rings (SSSR count). The largest absolute Gasteiger partial charge is 0.481 e. The first-order valence-corrected chi connectivity index (χ1v) is 7.22. The number of ether oxygens (including phenoxy) is 1. The molecule has 1 aromatic rings. The third-order valence-electron chi connectivity index (χ3n) is 4.15. The fraction of sp³-hybridized carbons (Fsp3) is 0.667. The van der Waals surface area contributed by atoms with Crippen LogP contribution in [0.15, 0.2) is 18.2 Å². The fourth-order valence-electron chi connectivity index (χ4n) is 3.10. The van der Waals surface area contributed by atoms with Crippen LogP contribution in [0, 0.1) is 5.92 Å². The molecule has 1 saturated carbocycles. The van der Waals surface area contributed by atoms with Crippen molar-refractivity contribution in [2.24, 2.45) is 11.7 Å². The molecule has 106 valence electrons. The minimum absolute atomic E-state index is 0.614. The van der Waals surface area contributed by atoms with Crippen LogP contribution in [0.1, 0.15) is 31.9 Å². The quantitative estimate of drug-likeness (QED) is 0.853. The molecule has 0 saturated heterocycles. The van der Waals surface area contributed by atoms with Crippen molar-refractivity contribution in [1.82, 2.24) is 9.88 Å². The van der Waals surface area contributed by atoms with E-state index in [2.05, 4.69) is 22.9 Å². The summed E-state index contributed by atoms with van der Waals surface area (Å²) in [7, 11) is 1.66. The van der Waals surface area contributed by atoms with Gasteiger partial charge in [0.25, 0.3) is 0 Å². The van der Waals surface area contributed by atoms with Gasteiger partial charge in [0.2, 0.25) is 5.88 Å². The first-order chi connectivity index (χ1) is 9.28. The number of methoxy groups -OCH3 is 1. The second-order valence-electron chi connectivity index (χ2n) is 5.23. The van der Waals surface area contributed by atoms with Crippen molar-refractivity contribution in [1.29, 1.82) is 0 Å². The molecule has 1 heterocycles. The molecule has 1 aliphatic rings. The summed E-state index contributed by atoms with van der Waals surface area (Å²) >= 11 is 0. The molecule has 2 atom stereocenters. The van der Waals surface area contributed by atoms with Crippen molar-refractivity contribution in [3.05, 3.63) is 23.9 Å². The molecule has 4 heteroatoms. The molecule has 4 nitrogen and oxygen atoms in total. The molecule has 0 spiro atoms. The van der Waals surface area contributed by atoms with Gasteiger partial charge in [-0.25, -0.2) is 4.98 Å². The number of rotatable bonds is 6. The molecular weight excluding hydrogens is 238 g/mol. The van der Waals surface area contributed by atoms with E-state index in [9.17, 15) is 0 Å². The highest BCUT2D eigenvalue weighted by molar-refractivity contribution is 5.15. The van der Waals surface area contributed by atoms with E-state index in [-0.39, 0.29) is 0 Å². The predicted octanol–water partition coefficient (Wildman–Crippen LogP) is 2.04. The molecular formula is C15H25N3O. The zero-order valence-electron chi connectivity index (χ0n) is 12.0. The first kappa shape index (κ1) is 14.3. The van der Waals surface area contributed by atoms with Gasteiger partial charge in [-0.15, -0.1) is 0 Å². The third-order valence-corrected chi connectivity index (χ3v) is 4.15. The van der Waals surface area contributed by atoms with E-state index in [4.69, 9.17) is 10.5 Å². The van der Waals surface area contributed by atoms with Crippen molar-refractivity contribution in [2.45, 2.75) is 38.8 Å². The summed E-state index contributed by atoms with van der Waals surface area (Å²) in [6, 6.07) is 6.57. The van der Waals surface area contributed by atoms with Crippen LogP contribution in [0.5, 0.6) is 5.88 Å². The van der Waals surface area contributed by atoms with Crippen LogP contribution in [0.4, 0.5) is 0 Å². The molecule has 1 aliphatic carbocycles. The Balaban J connectivity index is 2.05.